The van der Waals surface area contributed by atoms with E-state index in [2.05, 4.69) is 10.0 Å². The summed E-state index contributed by atoms with van der Waals surface area (Å²) in [5, 5.41) is 3.63. The third kappa shape index (κ3) is 4.89. The van der Waals surface area contributed by atoms with Crippen LogP contribution in [0.25, 0.3) is 10.4 Å². The van der Waals surface area contributed by atoms with Crippen molar-refractivity contribution in [1.82, 2.24) is 0 Å². The van der Waals surface area contributed by atoms with E-state index in [0.717, 1.165) is 11.8 Å². The molecule has 0 saturated carbocycles. The van der Waals surface area contributed by atoms with Crippen LogP contribution in [-0.4, -0.2) is 48.5 Å². The molecule has 1 rings (SSSR count). The van der Waals surface area contributed by atoms with E-state index in [1.54, 1.807) is 0 Å². The highest BCUT2D eigenvalue weighted by Gasteiger charge is 2.44. The fourth-order valence-corrected chi connectivity index (χ4v) is 3.12. The molecule has 1 aliphatic heterocycles. The van der Waals surface area contributed by atoms with Crippen molar-refractivity contribution in [2.45, 2.75) is 44.5 Å². The van der Waals surface area contributed by atoms with Crippen LogP contribution in [0.1, 0.15) is 20.8 Å². The van der Waals surface area contributed by atoms with Gasteiger partial charge in [-0.25, -0.2) is 0 Å². The number of esters is 1. The van der Waals surface area contributed by atoms with Gasteiger partial charge in [0.2, 0.25) is 0 Å². The van der Waals surface area contributed by atoms with Gasteiger partial charge in [-0.3, -0.25) is 9.59 Å². The number of carbonyl (C=O) groups is 2. The standard InChI is InChI=1S/C12H19N3O5S/c1-6-9(5-19-7(2)16)20-12(21-8(3)17)11(18-4)10(6)14-15-13/h6,9-12H,5H2,1-4H3/t6-,9?,10-,11?,12?/m0/s1. The van der Waals surface area contributed by atoms with Gasteiger partial charge in [-0.15, -0.1) is 0 Å². The number of carbonyl (C=O) groups excluding carboxylic acids is 2. The van der Waals surface area contributed by atoms with Crippen molar-refractivity contribution >= 4 is 22.8 Å². The quantitative estimate of drug-likeness (QED) is 0.331. The average molecular weight is 317 g/mol. The van der Waals surface area contributed by atoms with Crippen molar-refractivity contribution in [3.8, 4) is 0 Å². The van der Waals surface area contributed by atoms with E-state index in [1.165, 1.54) is 21.0 Å². The second-order valence-corrected chi connectivity index (χ2v) is 5.99. The zero-order valence-corrected chi connectivity index (χ0v) is 13.2. The van der Waals surface area contributed by atoms with E-state index >= 15 is 0 Å². The molecule has 0 aromatic heterocycles. The molecule has 1 fully saturated rings. The van der Waals surface area contributed by atoms with Gasteiger partial charge in [0.15, 0.2) is 5.12 Å². The zero-order valence-electron chi connectivity index (χ0n) is 12.4. The topological polar surface area (TPSA) is 111 Å². The monoisotopic (exact) mass is 317 g/mol. The highest BCUT2D eigenvalue weighted by molar-refractivity contribution is 8.14. The molecule has 8 nitrogen and oxygen atoms in total. The van der Waals surface area contributed by atoms with E-state index in [0.29, 0.717) is 0 Å². The summed E-state index contributed by atoms with van der Waals surface area (Å²) in [5.74, 6) is -0.634. The summed E-state index contributed by atoms with van der Waals surface area (Å²) < 4.78 is 16.1. The zero-order chi connectivity index (χ0) is 16.0. The number of azide groups is 1. The first kappa shape index (κ1) is 17.8. The number of hydrogen-bond donors (Lipinski definition) is 0. The summed E-state index contributed by atoms with van der Waals surface area (Å²) in [7, 11) is 1.47. The van der Waals surface area contributed by atoms with Crippen LogP contribution in [0.2, 0.25) is 0 Å². The van der Waals surface area contributed by atoms with Crippen LogP contribution in [0.4, 0.5) is 0 Å². The van der Waals surface area contributed by atoms with Crippen LogP contribution in [0.5, 0.6) is 0 Å². The summed E-state index contributed by atoms with van der Waals surface area (Å²) in [6.07, 6.45) is -1.01. The summed E-state index contributed by atoms with van der Waals surface area (Å²) >= 11 is 0.968. The van der Waals surface area contributed by atoms with Gasteiger partial charge in [-0.2, -0.15) is 0 Å². The van der Waals surface area contributed by atoms with Crippen molar-refractivity contribution < 1.29 is 23.8 Å². The molecule has 5 atom stereocenters. The van der Waals surface area contributed by atoms with E-state index in [1.807, 2.05) is 6.92 Å². The minimum atomic E-state index is -0.611. The SMILES string of the molecule is COC1C(SC(C)=O)OC(COC(C)=O)[C@H](C)[C@@H]1N=[N+]=[N-]. The molecule has 118 valence electrons. The molecule has 1 heterocycles. The number of rotatable bonds is 5. The fraction of sp³-hybridized carbons (Fsp3) is 0.833. The number of thioether (sulfide) groups is 1. The Morgan fingerprint density at radius 2 is 2.10 bits per heavy atom. The fourth-order valence-electron chi connectivity index (χ4n) is 2.18. The smallest absolute Gasteiger partial charge is 0.302 e. The van der Waals surface area contributed by atoms with Crippen LogP contribution in [-0.2, 0) is 23.8 Å². The number of hydrogen-bond acceptors (Lipinski definition) is 7. The van der Waals surface area contributed by atoms with Crippen LogP contribution in [0.15, 0.2) is 5.11 Å². The second-order valence-electron chi connectivity index (χ2n) is 4.71. The molecular weight excluding hydrogens is 298 g/mol. The number of methoxy groups -OCH3 is 1. The minimum Gasteiger partial charge on any atom is -0.463 e. The van der Waals surface area contributed by atoms with Crippen molar-refractivity contribution in [1.29, 1.82) is 0 Å². The normalized spacial score (nSPS) is 32.1. The molecule has 0 spiro atoms. The molecule has 1 saturated heterocycles. The van der Waals surface area contributed by atoms with Gasteiger partial charge in [-0.1, -0.05) is 23.8 Å². The van der Waals surface area contributed by atoms with Crippen molar-refractivity contribution in [2.24, 2.45) is 11.0 Å². The number of ether oxygens (including phenoxy) is 3. The van der Waals surface area contributed by atoms with Gasteiger partial charge in [0.05, 0.1) is 12.1 Å². The van der Waals surface area contributed by atoms with Gasteiger partial charge in [0, 0.05) is 25.9 Å². The Balaban J connectivity index is 2.95. The lowest BCUT2D eigenvalue weighted by atomic mass is 9.89. The third-order valence-electron chi connectivity index (χ3n) is 3.23. The summed E-state index contributed by atoms with van der Waals surface area (Å²) in [4.78, 5) is 25.1. The first-order valence-electron chi connectivity index (χ1n) is 6.43. The van der Waals surface area contributed by atoms with E-state index < -0.39 is 29.7 Å². The molecule has 0 bridgehead atoms. The van der Waals surface area contributed by atoms with Crippen LogP contribution in [0, 0.1) is 5.92 Å². The predicted molar refractivity (Wildman–Crippen MR) is 76.5 cm³/mol. The average Bonchev–Trinajstić information content (AvgIpc) is 2.40. The van der Waals surface area contributed by atoms with Gasteiger partial charge >= 0.3 is 5.97 Å². The Labute approximate surface area is 127 Å². The van der Waals surface area contributed by atoms with Crippen molar-refractivity contribution in [2.75, 3.05) is 13.7 Å². The molecule has 1 aliphatic rings. The minimum absolute atomic E-state index is 0.0410. The van der Waals surface area contributed by atoms with Gasteiger partial charge in [0.25, 0.3) is 0 Å². The molecular formula is C12H19N3O5S. The first-order chi connectivity index (χ1) is 9.90. The van der Waals surface area contributed by atoms with Gasteiger partial charge < -0.3 is 14.2 Å². The summed E-state index contributed by atoms with van der Waals surface area (Å²) in [6, 6.07) is -0.508. The predicted octanol–water partition coefficient (Wildman–Crippen LogP) is 1.88. The van der Waals surface area contributed by atoms with E-state index in [9.17, 15) is 9.59 Å². The van der Waals surface area contributed by atoms with Gasteiger partial charge in [0.1, 0.15) is 18.1 Å². The van der Waals surface area contributed by atoms with Crippen molar-refractivity contribution in [3.05, 3.63) is 10.4 Å². The molecule has 0 aliphatic carbocycles. The van der Waals surface area contributed by atoms with Crippen LogP contribution in [0.3, 0.4) is 0 Å². The molecule has 9 heteroatoms. The maximum atomic E-state index is 11.3. The van der Waals surface area contributed by atoms with E-state index in [4.69, 9.17) is 19.7 Å². The highest BCUT2D eigenvalue weighted by Crippen LogP contribution is 2.35. The maximum Gasteiger partial charge on any atom is 0.302 e. The summed E-state index contributed by atoms with van der Waals surface area (Å²) in [6.45, 7) is 4.59. The molecule has 21 heavy (non-hydrogen) atoms. The third-order valence-corrected chi connectivity index (χ3v) is 4.17. The number of nitrogens with zero attached hydrogens (tertiary/aromatic N) is 3. The molecule has 0 aromatic rings. The molecule has 0 N–H and O–H groups in total. The summed E-state index contributed by atoms with van der Waals surface area (Å²) in [5.41, 5.74) is 8.11. The van der Waals surface area contributed by atoms with Crippen LogP contribution < -0.4 is 0 Å². The Morgan fingerprint density at radius 3 is 2.57 bits per heavy atom. The molecule has 3 unspecified atom stereocenters. The first-order valence-corrected chi connectivity index (χ1v) is 7.31. The molecule has 0 amide bonds. The lowest BCUT2D eigenvalue weighted by Gasteiger charge is -2.42. The van der Waals surface area contributed by atoms with Crippen molar-refractivity contribution in [3.63, 3.8) is 0 Å². The Bertz CT molecular complexity index is 441. The van der Waals surface area contributed by atoms with Gasteiger partial charge in [-0.05, 0) is 11.4 Å². The lowest BCUT2D eigenvalue weighted by Crippen LogP contribution is -2.53. The lowest BCUT2D eigenvalue weighted by molar-refractivity contribution is -0.162. The Hall–Kier alpha value is -1.28. The van der Waals surface area contributed by atoms with Crippen LogP contribution >= 0.6 is 11.8 Å². The molecule has 0 aromatic carbocycles. The maximum absolute atomic E-state index is 11.3. The highest BCUT2D eigenvalue weighted by atomic mass is 32.2. The Kier molecular flexibility index (Phi) is 6.97. The molecule has 0 radical (unpaired) electrons. The second kappa shape index (κ2) is 8.23. The Morgan fingerprint density at radius 1 is 1.43 bits per heavy atom. The largest absolute Gasteiger partial charge is 0.463 e. The van der Waals surface area contributed by atoms with E-state index in [-0.39, 0.29) is 17.6 Å².